The van der Waals surface area contributed by atoms with Crippen LogP contribution in [0.4, 0.5) is 11.6 Å². The number of carbonyl (C=O) groups is 1. The maximum absolute atomic E-state index is 10.8. The first-order chi connectivity index (χ1) is 10.4. The van der Waals surface area contributed by atoms with E-state index >= 15 is 0 Å². The predicted molar refractivity (Wildman–Crippen MR) is 82.6 cm³/mol. The van der Waals surface area contributed by atoms with Crippen LogP contribution in [0.15, 0.2) is 12.4 Å². The highest BCUT2D eigenvalue weighted by Gasteiger charge is 2.18. The Morgan fingerprint density at radius 2 is 1.38 bits per heavy atom. The first-order valence-electron chi connectivity index (χ1n) is 7.88. The van der Waals surface area contributed by atoms with Crippen LogP contribution >= 0.6 is 0 Å². The molecule has 0 aliphatic carbocycles. The molecule has 1 aromatic heterocycles. The molecule has 0 radical (unpaired) electrons. The molecule has 0 saturated carbocycles. The summed E-state index contributed by atoms with van der Waals surface area (Å²) in [7, 11) is 0. The summed E-state index contributed by atoms with van der Waals surface area (Å²) in [4.78, 5) is 26.1. The van der Waals surface area contributed by atoms with Crippen LogP contribution in [0.3, 0.4) is 0 Å². The lowest BCUT2D eigenvalue weighted by molar-refractivity contribution is -0.118. The summed E-state index contributed by atoms with van der Waals surface area (Å²) in [6.45, 7) is 5.41. The van der Waals surface area contributed by atoms with Crippen LogP contribution < -0.4 is 9.80 Å². The zero-order valence-electron chi connectivity index (χ0n) is 12.4. The second-order valence-electron chi connectivity index (χ2n) is 5.76. The van der Waals surface area contributed by atoms with E-state index in [2.05, 4.69) is 25.8 Å². The van der Waals surface area contributed by atoms with Crippen molar-refractivity contribution in [2.75, 3.05) is 49.1 Å². The SMILES string of the molecule is O=CN1CCN(c2cc(N3CCCCCC3)ncn2)CC1. The number of aromatic nitrogens is 2. The van der Waals surface area contributed by atoms with E-state index in [-0.39, 0.29) is 0 Å². The molecule has 1 aromatic rings. The van der Waals surface area contributed by atoms with Crippen LogP contribution in [0.5, 0.6) is 0 Å². The molecule has 0 unspecified atom stereocenters. The molecule has 0 bridgehead atoms. The third kappa shape index (κ3) is 3.43. The van der Waals surface area contributed by atoms with Gasteiger partial charge in [0.2, 0.25) is 6.41 Å². The molecular formula is C15H23N5O. The standard InChI is InChI=1S/C15H23N5O/c21-13-18-7-9-20(10-8-18)15-11-14(16-12-17-15)19-5-3-1-2-4-6-19/h11-13H,1-10H2. The van der Waals surface area contributed by atoms with E-state index < -0.39 is 0 Å². The summed E-state index contributed by atoms with van der Waals surface area (Å²) in [5, 5.41) is 0. The molecule has 3 heterocycles. The quantitative estimate of drug-likeness (QED) is 0.781. The van der Waals surface area contributed by atoms with Gasteiger partial charge in [0.05, 0.1) is 0 Å². The number of hydrogen-bond donors (Lipinski definition) is 0. The Morgan fingerprint density at radius 1 is 0.810 bits per heavy atom. The summed E-state index contributed by atoms with van der Waals surface area (Å²) < 4.78 is 0. The van der Waals surface area contributed by atoms with E-state index in [1.807, 2.05) is 4.90 Å². The van der Waals surface area contributed by atoms with Gasteiger partial charge in [-0.25, -0.2) is 9.97 Å². The molecule has 2 aliphatic rings. The number of rotatable bonds is 3. The van der Waals surface area contributed by atoms with Crippen LogP contribution in [-0.4, -0.2) is 60.5 Å². The number of carbonyl (C=O) groups excluding carboxylic acids is 1. The minimum Gasteiger partial charge on any atom is -0.356 e. The minimum absolute atomic E-state index is 0.770. The van der Waals surface area contributed by atoms with Gasteiger partial charge in [-0.05, 0) is 12.8 Å². The number of amides is 1. The van der Waals surface area contributed by atoms with Gasteiger partial charge in [0.1, 0.15) is 18.0 Å². The zero-order valence-corrected chi connectivity index (χ0v) is 12.4. The lowest BCUT2D eigenvalue weighted by Gasteiger charge is -2.33. The van der Waals surface area contributed by atoms with Gasteiger partial charge in [-0.15, -0.1) is 0 Å². The van der Waals surface area contributed by atoms with Crippen molar-refractivity contribution in [3.8, 4) is 0 Å². The summed E-state index contributed by atoms with van der Waals surface area (Å²) in [6.07, 6.45) is 7.74. The predicted octanol–water partition coefficient (Wildman–Crippen LogP) is 1.14. The molecule has 1 amide bonds. The van der Waals surface area contributed by atoms with Crippen molar-refractivity contribution in [3.63, 3.8) is 0 Å². The van der Waals surface area contributed by atoms with Crippen molar-refractivity contribution >= 4 is 18.0 Å². The van der Waals surface area contributed by atoms with Crippen LogP contribution in [-0.2, 0) is 4.79 Å². The molecule has 21 heavy (non-hydrogen) atoms. The highest BCUT2D eigenvalue weighted by molar-refractivity contribution is 5.52. The van der Waals surface area contributed by atoms with Crippen LogP contribution in [0, 0.1) is 0 Å². The van der Waals surface area contributed by atoms with Gasteiger partial charge in [0.25, 0.3) is 0 Å². The fourth-order valence-corrected chi connectivity index (χ4v) is 3.04. The van der Waals surface area contributed by atoms with Crippen molar-refractivity contribution < 1.29 is 4.79 Å². The maximum atomic E-state index is 10.8. The minimum atomic E-state index is 0.770. The van der Waals surface area contributed by atoms with E-state index in [0.29, 0.717) is 0 Å². The molecule has 2 fully saturated rings. The third-order valence-electron chi connectivity index (χ3n) is 4.36. The van der Waals surface area contributed by atoms with E-state index in [1.165, 1.54) is 25.7 Å². The highest BCUT2D eigenvalue weighted by atomic mass is 16.1. The van der Waals surface area contributed by atoms with Crippen molar-refractivity contribution in [1.29, 1.82) is 0 Å². The summed E-state index contributed by atoms with van der Waals surface area (Å²) >= 11 is 0. The molecule has 3 rings (SSSR count). The molecule has 0 aromatic carbocycles. The van der Waals surface area contributed by atoms with Crippen molar-refractivity contribution in [2.45, 2.75) is 25.7 Å². The van der Waals surface area contributed by atoms with E-state index in [0.717, 1.165) is 57.3 Å². The van der Waals surface area contributed by atoms with Crippen LogP contribution in [0.25, 0.3) is 0 Å². The fraction of sp³-hybridized carbons (Fsp3) is 0.667. The summed E-state index contributed by atoms with van der Waals surface area (Å²) in [5.41, 5.74) is 0. The zero-order chi connectivity index (χ0) is 14.5. The Kier molecular flexibility index (Phi) is 4.52. The first-order valence-corrected chi connectivity index (χ1v) is 7.88. The molecule has 0 spiro atoms. The average molecular weight is 289 g/mol. The molecule has 2 saturated heterocycles. The Bertz CT molecular complexity index is 465. The number of hydrogen-bond acceptors (Lipinski definition) is 5. The van der Waals surface area contributed by atoms with Gasteiger partial charge in [-0.3, -0.25) is 4.79 Å². The Balaban J connectivity index is 1.69. The Labute approximate surface area is 125 Å². The van der Waals surface area contributed by atoms with E-state index in [1.54, 1.807) is 6.33 Å². The number of anilines is 2. The molecule has 6 nitrogen and oxygen atoms in total. The van der Waals surface area contributed by atoms with Crippen molar-refractivity contribution in [1.82, 2.24) is 14.9 Å². The molecule has 0 N–H and O–H groups in total. The van der Waals surface area contributed by atoms with Crippen molar-refractivity contribution in [3.05, 3.63) is 12.4 Å². The molecular weight excluding hydrogens is 266 g/mol. The molecule has 0 atom stereocenters. The first kappa shape index (κ1) is 14.1. The van der Waals surface area contributed by atoms with E-state index in [4.69, 9.17) is 0 Å². The lowest BCUT2D eigenvalue weighted by atomic mass is 10.2. The molecule has 114 valence electrons. The third-order valence-corrected chi connectivity index (χ3v) is 4.36. The van der Waals surface area contributed by atoms with Gasteiger partial charge in [0, 0.05) is 45.3 Å². The fourth-order valence-electron chi connectivity index (χ4n) is 3.04. The second-order valence-corrected chi connectivity index (χ2v) is 5.76. The van der Waals surface area contributed by atoms with Gasteiger partial charge < -0.3 is 14.7 Å². The monoisotopic (exact) mass is 289 g/mol. The summed E-state index contributed by atoms with van der Waals surface area (Å²) in [5.74, 6) is 2.02. The van der Waals surface area contributed by atoms with Crippen molar-refractivity contribution in [2.24, 2.45) is 0 Å². The highest BCUT2D eigenvalue weighted by Crippen LogP contribution is 2.21. The van der Waals surface area contributed by atoms with Crippen LogP contribution in [0.2, 0.25) is 0 Å². The topological polar surface area (TPSA) is 52.6 Å². The maximum Gasteiger partial charge on any atom is 0.209 e. The van der Waals surface area contributed by atoms with Gasteiger partial charge in [-0.1, -0.05) is 12.8 Å². The second kappa shape index (κ2) is 6.74. The van der Waals surface area contributed by atoms with Gasteiger partial charge in [-0.2, -0.15) is 0 Å². The average Bonchev–Trinajstić information content (AvgIpc) is 2.84. The number of piperazine rings is 1. The molecule has 6 heteroatoms. The Morgan fingerprint density at radius 3 is 1.95 bits per heavy atom. The van der Waals surface area contributed by atoms with E-state index in [9.17, 15) is 4.79 Å². The van der Waals surface area contributed by atoms with Gasteiger partial charge in [0.15, 0.2) is 0 Å². The normalized spacial score (nSPS) is 20.3. The Hall–Kier alpha value is -1.85. The summed E-state index contributed by atoms with van der Waals surface area (Å²) in [6, 6.07) is 2.10. The smallest absolute Gasteiger partial charge is 0.209 e. The van der Waals surface area contributed by atoms with Crippen LogP contribution in [0.1, 0.15) is 25.7 Å². The lowest BCUT2D eigenvalue weighted by Crippen LogP contribution is -2.46. The molecule has 2 aliphatic heterocycles. The largest absolute Gasteiger partial charge is 0.356 e. The van der Waals surface area contributed by atoms with Gasteiger partial charge >= 0.3 is 0 Å². The number of nitrogens with zero attached hydrogens (tertiary/aromatic N) is 5.